The van der Waals surface area contributed by atoms with Crippen LogP contribution in [0.3, 0.4) is 0 Å². The van der Waals surface area contributed by atoms with E-state index < -0.39 is 0 Å². The van der Waals surface area contributed by atoms with E-state index in [-0.39, 0.29) is 11.4 Å². The first kappa shape index (κ1) is 17.1. The number of nitrogens with zero attached hydrogens (tertiary/aromatic N) is 3. The second kappa shape index (κ2) is 7.05. The van der Waals surface area contributed by atoms with Crippen LogP contribution in [0.5, 0.6) is 0 Å². The molecule has 1 aromatic heterocycles. The van der Waals surface area contributed by atoms with Gasteiger partial charge in [-0.2, -0.15) is 0 Å². The SMILES string of the molecule is CC(C)(C)c1ccc(NC(=O)N2CC=C(c3cnccn3)CC2)cc1. The summed E-state index contributed by atoms with van der Waals surface area (Å²) in [5.74, 6) is 0. The third-order valence-electron chi connectivity index (χ3n) is 4.39. The minimum atomic E-state index is -0.0713. The molecule has 1 aliphatic heterocycles. The van der Waals surface area contributed by atoms with Crippen molar-refractivity contribution in [3.05, 3.63) is 60.2 Å². The lowest BCUT2D eigenvalue weighted by atomic mass is 9.87. The lowest BCUT2D eigenvalue weighted by Crippen LogP contribution is -2.37. The number of carbonyl (C=O) groups excluding carboxylic acids is 1. The van der Waals surface area contributed by atoms with Crippen LogP contribution in [0, 0.1) is 0 Å². The van der Waals surface area contributed by atoms with Crippen LogP contribution in [-0.2, 0) is 5.41 Å². The molecule has 0 saturated heterocycles. The molecular formula is C20H24N4O. The predicted octanol–water partition coefficient (Wildman–Crippen LogP) is 4.10. The molecule has 25 heavy (non-hydrogen) atoms. The molecule has 2 amide bonds. The number of amides is 2. The van der Waals surface area contributed by atoms with Crippen LogP contribution in [0.1, 0.15) is 38.4 Å². The molecule has 1 aromatic carbocycles. The molecule has 0 bridgehead atoms. The van der Waals surface area contributed by atoms with E-state index in [4.69, 9.17) is 0 Å². The summed E-state index contributed by atoms with van der Waals surface area (Å²) in [6, 6.07) is 7.99. The van der Waals surface area contributed by atoms with E-state index in [0.29, 0.717) is 13.1 Å². The zero-order chi connectivity index (χ0) is 17.9. The van der Waals surface area contributed by atoms with Gasteiger partial charge >= 0.3 is 6.03 Å². The largest absolute Gasteiger partial charge is 0.322 e. The number of hydrogen-bond donors (Lipinski definition) is 1. The second-order valence-electron chi connectivity index (χ2n) is 7.27. The third kappa shape index (κ3) is 4.24. The maximum atomic E-state index is 12.5. The third-order valence-corrected chi connectivity index (χ3v) is 4.39. The highest BCUT2D eigenvalue weighted by atomic mass is 16.2. The quantitative estimate of drug-likeness (QED) is 0.898. The highest BCUT2D eigenvalue weighted by molar-refractivity contribution is 5.90. The molecule has 0 aliphatic carbocycles. The Bertz CT molecular complexity index is 761. The number of rotatable bonds is 2. The first-order chi connectivity index (χ1) is 11.9. The standard InChI is InChI=1S/C20H24N4O/c1-20(2,3)16-4-6-17(7-5-16)23-19(25)24-12-8-15(9-13-24)18-14-21-10-11-22-18/h4-8,10-11,14H,9,12-13H2,1-3H3,(H,23,25). The van der Waals surface area contributed by atoms with Gasteiger partial charge in [0.05, 0.1) is 11.9 Å². The maximum absolute atomic E-state index is 12.5. The van der Waals surface area contributed by atoms with Crippen LogP contribution in [0.25, 0.3) is 5.57 Å². The van der Waals surface area contributed by atoms with Gasteiger partial charge in [0.25, 0.3) is 0 Å². The minimum Gasteiger partial charge on any atom is -0.320 e. The molecule has 0 spiro atoms. The van der Waals surface area contributed by atoms with E-state index >= 15 is 0 Å². The van der Waals surface area contributed by atoms with Crippen LogP contribution in [0.2, 0.25) is 0 Å². The molecule has 0 fully saturated rings. The molecule has 0 saturated carbocycles. The molecule has 1 aliphatic rings. The van der Waals surface area contributed by atoms with Crippen LogP contribution in [-0.4, -0.2) is 34.0 Å². The summed E-state index contributed by atoms with van der Waals surface area (Å²) in [4.78, 5) is 22.7. The molecule has 0 radical (unpaired) electrons. The van der Waals surface area contributed by atoms with Crippen LogP contribution >= 0.6 is 0 Å². The van der Waals surface area contributed by atoms with Crippen molar-refractivity contribution >= 4 is 17.3 Å². The second-order valence-corrected chi connectivity index (χ2v) is 7.27. The Morgan fingerprint density at radius 1 is 1.16 bits per heavy atom. The van der Waals surface area contributed by atoms with Gasteiger partial charge in [-0.3, -0.25) is 9.97 Å². The average molecular weight is 336 g/mol. The van der Waals surface area contributed by atoms with Crippen molar-refractivity contribution in [1.29, 1.82) is 0 Å². The molecule has 0 unspecified atom stereocenters. The topological polar surface area (TPSA) is 58.1 Å². The normalized spacial score (nSPS) is 14.8. The number of benzene rings is 1. The summed E-state index contributed by atoms with van der Waals surface area (Å²) in [5.41, 5.74) is 4.21. The summed E-state index contributed by atoms with van der Waals surface area (Å²) >= 11 is 0. The van der Waals surface area contributed by atoms with Gasteiger partial charge in [0.2, 0.25) is 0 Å². The minimum absolute atomic E-state index is 0.0713. The van der Waals surface area contributed by atoms with Gasteiger partial charge in [-0.25, -0.2) is 4.79 Å². The van der Waals surface area contributed by atoms with Gasteiger partial charge in [0, 0.05) is 31.2 Å². The van der Waals surface area contributed by atoms with Gasteiger partial charge in [0.15, 0.2) is 0 Å². The van der Waals surface area contributed by atoms with E-state index in [1.54, 1.807) is 23.5 Å². The zero-order valence-corrected chi connectivity index (χ0v) is 15.0. The van der Waals surface area contributed by atoms with Gasteiger partial charge in [-0.15, -0.1) is 0 Å². The van der Waals surface area contributed by atoms with Crippen LogP contribution in [0.4, 0.5) is 10.5 Å². The van der Waals surface area contributed by atoms with E-state index in [0.717, 1.165) is 23.4 Å². The smallest absolute Gasteiger partial charge is 0.320 e. The lowest BCUT2D eigenvalue weighted by Gasteiger charge is -2.26. The van der Waals surface area contributed by atoms with E-state index in [9.17, 15) is 4.79 Å². The molecule has 5 heteroatoms. The number of nitrogens with one attached hydrogen (secondary N) is 1. The Labute approximate surface area is 148 Å². The highest BCUT2D eigenvalue weighted by Gasteiger charge is 2.19. The predicted molar refractivity (Wildman–Crippen MR) is 100 cm³/mol. The van der Waals surface area contributed by atoms with Gasteiger partial charge in [-0.1, -0.05) is 39.0 Å². The molecular weight excluding hydrogens is 312 g/mol. The molecule has 130 valence electrons. The average Bonchev–Trinajstić information content (AvgIpc) is 2.62. The molecule has 5 nitrogen and oxygen atoms in total. The maximum Gasteiger partial charge on any atom is 0.322 e. The van der Waals surface area contributed by atoms with Gasteiger partial charge < -0.3 is 10.2 Å². The first-order valence-corrected chi connectivity index (χ1v) is 8.55. The van der Waals surface area contributed by atoms with Crippen molar-refractivity contribution in [2.45, 2.75) is 32.6 Å². The van der Waals surface area contributed by atoms with Gasteiger partial charge in [-0.05, 0) is 35.1 Å². The monoisotopic (exact) mass is 336 g/mol. The summed E-state index contributed by atoms with van der Waals surface area (Å²) in [7, 11) is 0. The Morgan fingerprint density at radius 3 is 2.48 bits per heavy atom. The summed E-state index contributed by atoms with van der Waals surface area (Å²) in [5, 5.41) is 2.97. The Morgan fingerprint density at radius 2 is 1.92 bits per heavy atom. The molecule has 0 atom stereocenters. The number of hydrogen-bond acceptors (Lipinski definition) is 3. The van der Waals surface area contributed by atoms with Crippen molar-refractivity contribution in [3.63, 3.8) is 0 Å². The first-order valence-electron chi connectivity index (χ1n) is 8.55. The summed E-state index contributed by atoms with van der Waals surface area (Å²) in [6.07, 6.45) is 7.96. The fraction of sp³-hybridized carbons (Fsp3) is 0.350. The molecule has 3 rings (SSSR count). The fourth-order valence-corrected chi connectivity index (χ4v) is 2.81. The molecule has 2 aromatic rings. The van der Waals surface area contributed by atoms with Crippen molar-refractivity contribution in [1.82, 2.24) is 14.9 Å². The number of carbonyl (C=O) groups is 1. The number of urea groups is 1. The van der Waals surface area contributed by atoms with Gasteiger partial charge in [0.1, 0.15) is 0 Å². The fourth-order valence-electron chi connectivity index (χ4n) is 2.81. The number of aromatic nitrogens is 2. The van der Waals surface area contributed by atoms with Crippen molar-refractivity contribution in [2.75, 3.05) is 18.4 Å². The molecule has 1 N–H and O–H groups in total. The Kier molecular flexibility index (Phi) is 4.83. The lowest BCUT2D eigenvalue weighted by molar-refractivity contribution is 0.217. The van der Waals surface area contributed by atoms with Crippen LogP contribution in [0.15, 0.2) is 48.9 Å². The Balaban J connectivity index is 1.60. The zero-order valence-electron chi connectivity index (χ0n) is 15.0. The van der Waals surface area contributed by atoms with Crippen molar-refractivity contribution in [3.8, 4) is 0 Å². The summed E-state index contributed by atoms with van der Waals surface area (Å²) < 4.78 is 0. The van der Waals surface area contributed by atoms with Crippen molar-refractivity contribution in [2.24, 2.45) is 0 Å². The highest BCUT2D eigenvalue weighted by Crippen LogP contribution is 2.24. The summed E-state index contributed by atoms with van der Waals surface area (Å²) in [6.45, 7) is 7.78. The van der Waals surface area contributed by atoms with E-state index in [1.165, 1.54) is 5.56 Å². The van der Waals surface area contributed by atoms with Crippen LogP contribution < -0.4 is 5.32 Å². The van der Waals surface area contributed by atoms with E-state index in [2.05, 4.69) is 54.3 Å². The molecule has 2 heterocycles. The van der Waals surface area contributed by atoms with Crippen molar-refractivity contribution < 1.29 is 4.79 Å². The Hall–Kier alpha value is -2.69. The number of anilines is 1. The van der Waals surface area contributed by atoms with E-state index in [1.807, 2.05) is 12.1 Å².